The molecule has 0 aliphatic heterocycles. The van der Waals surface area contributed by atoms with E-state index in [2.05, 4.69) is 0 Å². The molecule has 0 heterocycles. The lowest BCUT2D eigenvalue weighted by Crippen LogP contribution is -2.41. The molecular formula is C11H11N3O2. The van der Waals surface area contributed by atoms with E-state index in [1.807, 2.05) is 6.07 Å². The van der Waals surface area contributed by atoms with Gasteiger partial charge in [0.1, 0.15) is 0 Å². The zero-order chi connectivity index (χ0) is 12.3. The Bertz CT molecular complexity index is 488. The molecule has 82 valence electrons. The van der Waals surface area contributed by atoms with Crippen LogP contribution in [0.3, 0.4) is 0 Å². The van der Waals surface area contributed by atoms with Crippen LogP contribution in [0.15, 0.2) is 18.2 Å². The first-order valence-electron chi connectivity index (χ1n) is 4.58. The number of nitrogens with two attached hydrogens (primary N) is 1. The third-order valence-corrected chi connectivity index (χ3v) is 2.15. The van der Waals surface area contributed by atoms with Crippen molar-refractivity contribution in [3.63, 3.8) is 0 Å². The van der Waals surface area contributed by atoms with Gasteiger partial charge in [0.05, 0.1) is 11.6 Å². The maximum Gasteiger partial charge on any atom is 0.274 e. The SMILES string of the molecule is CC(=O)N(N)C(=O)c1ccc(C#N)c(C)c1. The van der Waals surface area contributed by atoms with E-state index < -0.39 is 11.8 Å². The predicted molar refractivity (Wildman–Crippen MR) is 56.9 cm³/mol. The molecule has 0 aliphatic rings. The molecule has 1 aromatic rings. The second-order valence-electron chi connectivity index (χ2n) is 3.34. The average Bonchev–Trinajstić information content (AvgIpc) is 2.26. The van der Waals surface area contributed by atoms with Crippen molar-refractivity contribution in [2.45, 2.75) is 13.8 Å². The Hall–Kier alpha value is -2.19. The highest BCUT2D eigenvalue weighted by Gasteiger charge is 2.16. The quantitative estimate of drug-likeness (QED) is 0.426. The molecule has 16 heavy (non-hydrogen) atoms. The summed E-state index contributed by atoms with van der Waals surface area (Å²) in [6, 6.07) is 6.51. The number of hydrazine groups is 1. The summed E-state index contributed by atoms with van der Waals surface area (Å²) in [7, 11) is 0. The van der Waals surface area contributed by atoms with Crippen molar-refractivity contribution in [3.8, 4) is 6.07 Å². The Labute approximate surface area is 93.0 Å². The molecule has 0 saturated carbocycles. The van der Waals surface area contributed by atoms with Gasteiger partial charge in [0.15, 0.2) is 0 Å². The highest BCUT2D eigenvalue weighted by Crippen LogP contribution is 2.11. The molecule has 0 radical (unpaired) electrons. The number of aryl methyl sites for hydroxylation is 1. The van der Waals surface area contributed by atoms with Crippen molar-refractivity contribution in [1.29, 1.82) is 5.26 Å². The number of nitriles is 1. The zero-order valence-corrected chi connectivity index (χ0v) is 9.02. The Morgan fingerprint density at radius 3 is 2.50 bits per heavy atom. The van der Waals surface area contributed by atoms with E-state index in [4.69, 9.17) is 11.1 Å². The number of benzene rings is 1. The number of hydrogen-bond donors (Lipinski definition) is 1. The fraction of sp³-hybridized carbons (Fsp3) is 0.182. The van der Waals surface area contributed by atoms with Gasteiger partial charge >= 0.3 is 0 Å². The van der Waals surface area contributed by atoms with Crippen LogP contribution in [-0.4, -0.2) is 16.8 Å². The summed E-state index contributed by atoms with van der Waals surface area (Å²) in [5, 5.41) is 9.26. The standard InChI is InChI=1S/C11H11N3O2/c1-7-5-9(3-4-10(7)6-12)11(16)14(13)8(2)15/h3-5H,13H2,1-2H3. The lowest BCUT2D eigenvalue weighted by Gasteiger charge is -2.12. The third kappa shape index (κ3) is 2.24. The maximum atomic E-state index is 11.6. The van der Waals surface area contributed by atoms with Crippen LogP contribution in [0.25, 0.3) is 0 Å². The van der Waals surface area contributed by atoms with Crippen molar-refractivity contribution in [1.82, 2.24) is 5.01 Å². The normalized spacial score (nSPS) is 9.38. The minimum absolute atomic E-state index is 0.286. The van der Waals surface area contributed by atoms with Gasteiger partial charge in [-0.3, -0.25) is 9.59 Å². The van der Waals surface area contributed by atoms with Crippen LogP contribution in [0.2, 0.25) is 0 Å². The van der Waals surface area contributed by atoms with Gasteiger partial charge in [0, 0.05) is 12.5 Å². The van der Waals surface area contributed by atoms with Gasteiger partial charge in [0.25, 0.3) is 5.91 Å². The minimum atomic E-state index is -0.583. The number of amides is 2. The van der Waals surface area contributed by atoms with Gasteiger partial charge < -0.3 is 0 Å². The monoisotopic (exact) mass is 217 g/mol. The first kappa shape index (κ1) is 11.9. The van der Waals surface area contributed by atoms with Crippen LogP contribution < -0.4 is 5.84 Å². The van der Waals surface area contributed by atoms with E-state index in [9.17, 15) is 9.59 Å². The van der Waals surface area contributed by atoms with E-state index in [1.54, 1.807) is 6.92 Å². The first-order chi connectivity index (χ1) is 7.47. The fourth-order valence-electron chi connectivity index (χ4n) is 1.20. The smallest absolute Gasteiger partial charge is 0.273 e. The predicted octanol–water partition coefficient (Wildman–Crippen LogP) is 0.729. The molecule has 0 spiro atoms. The first-order valence-corrected chi connectivity index (χ1v) is 4.58. The average molecular weight is 217 g/mol. The summed E-state index contributed by atoms with van der Waals surface area (Å²) in [5.74, 6) is 4.16. The van der Waals surface area contributed by atoms with Gasteiger partial charge in [-0.2, -0.15) is 5.26 Å². The molecule has 5 heteroatoms. The van der Waals surface area contributed by atoms with Crippen molar-refractivity contribution >= 4 is 11.8 Å². The molecule has 0 bridgehead atoms. The molecule has 1 aromatic carbocycles. The molecule has 1 rings (SSSR count). The lowest BCUT2D eigenvalue weighted by molar-refractivity contribution is -0.126. The molecule has 5 nitrogen and oxygen atoms in total. The topological polar surface area (TPSA) is 87.2 Å². The molecule has 2 amide bonds. The van der Waals surface area contributed by atoms with E-state index >= 15 is 0 Å². The second kappa shape index (κ2) is 4.55. The van der Waals surface area contributed by atoms with Crippen molar-refractivity contribution in [2.24, 2.45) is 5.84 Å². The molecule has 0 aliphatic carbocycles. The molecular weight excluding hydrogens is 206 g/mol. The van der Waals surface area contributed by atoms with Crippen LogP contribution in [0.1, 0.15) is 28.4 Å². The van der Waals surface area contributed by atoms with Gasteiger partial charge in [0.2, 0.25) is 5.91 Å². The summed E-state index contributed by atoms with van der Waals surface area (Å²) in [4.78, 5) is 22.5. The van der Waals surface area contributed by atoms with Crippen LogP contribution in [0, 0.1) is 18.3 Å². The van der Waals surface area contributed by atoms with Crippen LogP contribution >= 0.6 is 0 Å². The minimum Gasteiger partial charge on any atom is -0.273 e. The molecule has 0 saturated heterocycles. The van der Waals surface area contributed by atoms with E-state index in [0.29, 0.717) is 16.1 Å². The molecule has 0 aromatic heterocycles. The Morgan fingerprint density at radius 2 is 2.06 bits per heavy atom. The number of carbonyl (C=O) groups is 2. The van der Waals surface area contributed by atoms with Gasteiger partial charge in [-0.25, -0.2) is 10.9 Å². The summed E-state index contributed by atoms with van der Waals surface area (Å²) in [5.41, 5.74) is 1.45. The highest BCUT2D eigenvalue weighted by atomic mass is 16.2. The van der Waals surface area contributed by atoms with Crippen LogP contribution in [-0.2, 0) is 4.79 Å². The Morgan fingerprint density at radius 1 is 1.44 bits per heavy atom. The molecule has 0 unspecified atom stereocenters. The van der Waals surface area contributed by atoms with Crippen molar-refractivity contribution < 1.29 is 9.59 Å². The van der Waals surface area contributed by atoms with E-state index in [1.165, 1.54) is 25.1 Å². The fourth-order valence-corrected chi connectivity index (χ4v) is 1.20. The molecule has 0 atom stereocenters. The van der Waals surface area contributed by atoms with Crippen LogP contribution in [0.4, 0.5) is 0 Å². The molecule has 0 fully saturated rings. The number of imide groups is 1. The number of carbonyl (C=O) groups excluding carboxylic acids is 2. The summed E-state index contributed by atoms with van der Waals surface area (Å²) >= 11 is 0. The largest absolute Gasteiger partial charge is 0.274 e. The summed E-state index contributed by atoms with van der Waals surface area (Å²) in [6.45, 7) is 2.92. The number of rotatable bonds is 1. The summed E-state index contributed by atoms with van der Waals surface area (Å²) < 4.78 is 0. The second-order valence-corrected chi connectivity index (χ2v) is 3.34. The number of hydrogen-bond acceptors (Lipinski definition) is 4. The molecule has 2 N–H and O–H groups in total. The van der Waals surface area contributed by atoms with Crippen LogP contribution in [0.5, 0.6) is 0 Å². The van der Waals surface area contributed by atoms with E-state index in [-0.39, 0.29) is 5.56 Å². The van der Waals surface area contributed by atoms with Crippen molar-refractivity contribution in [3.05, 3.63) is 34.9 Å². The van der Waals surface area contributed by atoms with Gasteiger partial charge in [-0.05, 0) is 30.7 Å². The van der Waals surface area contributed by atoms with Gasteiger partial charge in [-0.15, -0.1) is 0 Å². The lowest BCUT2D eigenvalue weighted by atomic mass is 10.1. The summed E-state index contributed by atoms with van der Waals surface area (Å²) in [6.07, 6.45) is 0. The number of nitrogens with zero attached hydrogens (tertiary/aromatic N) is 2. The van der Waals surface area contributed by atoms with Crippen molar-refractivity contribution in [2.75, 3.05) is 0 Å². The Kier molecular flexibility index (Phi) is 3.38. The zero-order valence-electron chi connectivity index (χ0n) is 9.02. The third-order valence-electron chi connectivity index (χ3n) is 2.15. The van der Waals surface area contributed by atoms with Gasteiger partial charge in [-0.1, -0.05) is 0 Å². The highest BCUT2D eigenvalue weighted by molar-refractivity contribution is 6.03. The maximum absolute atomic E-state index is 11.6. The van der Waals surface area contributed by atoms with E-state index in [0.717, 1.165) is 0 Å². The Balaban J connectivity index is 3.08.